The molecular formula is C22H33N5O2S. The van der Waals surface area contributed by atoms with Gasteiger partial charge in [-0.1, -0.05) is 6.07 Å². The second kappa shape index (κ2) is 10.9. The molecule has 4 rings (SSSR count). The predicted octanol–water partition coefficient (Wildman–Crippen LogP) is 2.72. The first-order valence-corrected chi connectivity index (χ1v) is 11.8. The Hall–Kier alpha value is -1.87. The third-order valence-electron chi connectivity index (χ3n) is 5.96. The molecule has 2 aromatic rings. The van der Waals surface area contributed by atoms with Crippen molar-refractivity contribution in [2.45, 2.75) is 24.9 Å². The highest BCUT2D eigenvalue weighted by Crippen LogP contribution is 2.26. The van der Waals surface area contributed by atoms with Gasteiger partial charge in [-0.05, 0) is 49.5 Å². The molecule has 2 aromatic heterocycles. The van der Waals surface area contributed by atoms with Crippen LogP contribution in [-0.4, -0.2) is 75.3 Å². The Morgan fingerprint density at radius 3 is 2.40 bits per heavy atom. The maximum atomic E-state index is 5.74. The SMILES string of the molecule is CN=C(NCC(c1ccco1)N1CCCC1)NCC(c1cccs1)N1CCOCC1. The standard InChI is InChI=1S/C22H33N5O2S/c1-23-22(24-16-18(20-6-4-12-29-20)26-8-2-3-9-26)25-17-19(21-7-5-15-30-21)27-10-13-28-14-11-27/h4-7,12,15,18-19H,2-3,8-11,13-14,16-17H2,1H3,(H2,23,24,25). The number of thiophene rings is 1. The highest BCUT2D eigenvalue weighted by atomic mass is 32.1. The molecule has 2 atom stereocenters. The number of nitrogens with one attached hydrogen (secondary N) is 2. The summed E-state index contributed by atoms with van der Waals surface area (Å²) in [7, 11) is 1.84. The van der Waals surface area contributed by atoms with E-state index in [0.717, 1.165) is 64.2 Å². The molecule has 4 heterocycles. The Labute approximate surface area is 183 Å². The minimum Gasteiger partial charge on any atom is -0.468 e. The van der Waals surface area contributed by atoms with E-state index in [4.69, 9.17) is 9.15 Å². The van der Waals surface area contributed by atoms with E-state index in [-0.39, 0.29) is 6.04 Å². The zero-order valence-corrected chi connectivity index (χ0v) is 18.6. The van der Waals surface area contributed by atoms with Crippen LogP contribution < -0.4 is 10.6 Å². The second-order valence-corrected chi connectivity index (χ2v) is 8.77. The van der Waals surface area contributed by atoms with E-state index in [9.17, 15) is 0 Å². The van der Waals surface area contributed by atoms with Crippen molar-refractivity contribution >= 4 is 17.3 Å². The quantitative estimate of drug-likeness (QED) is 0.495. The Morgan fingerprint density at radius 1 is 1.03 bits per heavy atom. The molecule has 2 unspecified atom stereocenters. The van der Waals surface area contributed by atoms with Crippen LogP contribution in [0.4, 0.5) is 0 Å². The lowest BCUT2D eigenvalue weighted by Crippen LogP contribution is -2.47. The van der Waals surface area contributed by atoms with Crippen LogP contribution in [0, 0.1) is 0 Å². The molecule has 0 bridgehead atoms. The van der Waals surface area contributed by atoms with Gasteiger partial charge in [0.25, 0.3) is 0 Å². The molecule has 7 nitrogen and oxygen atoms in total. The number of furan rings is 1. The summed E-state index contributed by atoms with van der Waals surface area (Å²) in [6.45, 7) is 7.36. The van der Waals surface area contributed by atoms with Crippen molar-refractivity contribution in [2.24, 2.45) is 4.99 Å². The van der Waals surface area contributed by atoms with Crippen LogP contribution >= 0.6 is 11.3 Å². The fourth-order valence-electron chi connectivity index (χ4n) is 4.33. The predicted molar refractivity (Wildman–Crippen MR) is 121 cm³/mol. The molecule has 0 saturated carbocycles. The molecule has 8 heteroatoms. The molecule has 0 aromatic carbocycles. The molecule has 2 saturated heterocycles. The number of hydrogen-bond acceptors (Lipinski definition) is 6. The smallest absolute Gasteiger partial charge is 0.191 e. The van der Waals surface area contributed by atoms with Crippen molar-refractivity contribution in [3.63, 3.8) is 0 Å². The van der Waals surface area contributed by atoms with Crippen LogP contribution in [0.1, 0.15) is 35.6 Å². The van der Waals surface area contributed by atoms with E-state index in [1.165, 1.54) is 17.7 Å². The van der Waals surface area contributed by atoms with E-state index in [1.807, 2.05) is 24.5 Å². The summed E-state index contributed by atoms with van der Waals surface area (Å²) in [4.78, 5) is 10.9. The summed E-state index contributed by atoms with van der Waals surface area (Å²) in [6, 6.07) is 8.96. The van der Waals surface area contributed by atoms with E-state index in [2.05, 4.69) is 49.0 Å². The highest BCUT2D eigenvalue weighted by molar-refractivity contribution is 7.10. The summed E-state index contributed by atoms with van der Waals surface area (Å²) in [5, 5.41) is 9.25. The van der Waals surface area contributed by atoms with E-state index < -0.39 is 0 Å². The van der Waals surface area contributed by atoms with Gasteiger partial charge in [0, 0.05) is 38.1 Å². The van der Waals surface area contributed by atoms with Crippen LogP contribution in [0.15, 0.2) is 45.3 Å². The number of guanidine groups is 1. The lowest BCUT2D eigenvalue weighted by atomic mass is 10.2. The zero-order valence-electron chi connectivity index (χ0n) is 17.8. The average molecular weight is 432 g/mol. The van der Waals surface area contributed by atoms with Crippen molar-refractivity contribution in [1.82, 2.24) is 20.4 Å². The summed E-state index contributed by atoms with van der Waals surface area (Å²) in [5.74, 6) is 1.85. The fourth-order valence-corrected chi connectivity index (χ4v) is 5.19. The minimum atomic E-state index is 0.230. The first kappa shape index (κ1) is 21.4. The van der Waals surface area contributed by atoms with E-state index in [1.54, 1.807) is 6.26 Å². The largest absolute Gasteiger partial charge is 0.468 e. The Bertz CT molecular complexity index is 753. The maximum absolute atomic E-state index is 5.74. The second-order valence-electron chi connectivity index (χ2n) is 7.79. The van der Waals surface area contributed by atoms with Gasteiger partial charge in [0.05, 0.1) is 31.6 Å². The minimum absolute atomic E-state index is 0.230. The molecule has 30 heavy (non-hydrogen) atoms. The summed E-state index contributed by atoms with van der Waals surface area (Å²) in [5.41, 5.74) is 0. The zero-order chi connectivity index (χ0) is 20.6. The van der Waals surface area contributed by atoms with Crippen molar-refractivity contribution in [2.75, 3.05) is 59.5 Å². The van der Waals surface area contributed by atoms with Gasteiger partial charge in [-0.15, -0.1) is 11.3 Å². The van der Waals surface area contributed by atoms with Gasteiger partial charge in [-0.2, -0.15) is 0 Å². The van der Waals surface area contributed by atoms with Gasteiger partial charge in [0.15, 0.2) is 5.96 Å². The van der Waals surface area contributed by atoms with E-state index in [0.29, 0.717) is 6.04 Å². The van der Waals surface area contributed by atoms with Gasteiger partial charge in [-0.3, -0.25) is 14.8 Å². The molecule has 2 N–H and O–H groups in total. The van der Waals surface area contributed by atoms with Crippen LogP contribution in [0.3, 0.4) is 0 Å². The molecule has 2 aliphatic rings. The third-order valence-corrected chi connectivity index (χ3v) is 6.93. The van der Waals surface area contributed by atoms with Crippen molar-refractivity contribution < 1.29 is 9.15 Å². The summed E-state index contributed by atoms with van der Waals surface area (Å²) in [6.07, 6.45) is 4.28. The molecule has 0 radical (unpaired) electrons. The van der Waals surface area contributed by atoms with Gasteiger partial charge in [0.1, 0.15) is 5.76 Å². The number of likely N-dealkylation sites (tertiary alicyclic amines) is 1. The van der Waals surface area contributed by atoms with Gasteiger partial charge in [-0.25, -0.2) is 0 Å². The Kier molecular flexibility index (Phi) is 7.80. The number of rotatable bonds is 8. The van der Waals surface area contributed by atoms with Gasteiger partial charge >= 0.3 is 0 Å². The first-order chi connectivity index (χ1) is 14.8. The Morgan fingerprint density at radius 2 is 1.77 bits per heavy atom. The number of morpholine rings is 1. The highest BCUT2D eigenvalue weighted by Gasteiger charge is 2.26. The maximum Gasteiger partial charge on any atom is 0.191 e. The lowest BCUT2D eigenvalue weighted by Gasteiger charge is -2.34. The average Bonchev–Trinajstić information content (AvgIpc) is 3.57. The van der Waals surface area contributed by atoms with Crippen LogP contribution in [0.25, 0.3) is 0 Å². The number of ether oxygens (including phenoxy) is 1. The molecular weight excluding hydrogens is 398 g/mol. The number of aliphatic imine (C=N–C) groups is 1. The monoisotopic (exact) mass is 431 g/mol. The molecule has 2 fully saturated rings. The van der Waals surface area contributed by atoms with Crippen LogP contribution in [-0.2, 0) is 4.74 Å². The third kappa shape index (κ3) is 5.43. The van der Waals surface area contributed by atoms with Gasteiger partial charge in [0.2, 0.25) is 0 Å². The fraction of sp³-hybridized carbons (Fsp3) is 0.591. The van der Waals surface area contributed by atoms with Crippen LogP contribution in [0.5, 0.6) is 0 Å². The molecule has 0 amide bonds. The number of nitrogens with zero attached hydrogens (tertiary/aromatic N) is 3. The summed E-state index contributed by atoms with van der Waals surface area (Å²) < 4.78 is 11.3. The topological polar surface area (TPSA) is 65.3 Å². The molecule has 0 aliphatic carbocycles. The normalized spacial score (nSPS) is 20.9. The number of hydrogen-bond donors (Lipinski definition) is 2. The summed E-state index contributed by atoms with van der Waals surface area (Å²) >= 11 is 1.82. The van der Waals surface area contributed by atoms with E-state index >= 15 is 0 Å². The Balaban J connectivity index is 1.36. The van der Waals surface area contributed by atoms with Crippen molar-refractivity contribution in [3.05, 3.63) is 46.5 Å². The lowest BCUT2D eigenvalue weighted by molar-refractivity contribution is 0.0177. The van der Waals surface area contributed by atoms with Crippen LogP contribution in [0.2, 0.25) is 0 Å². The van der Waals surface area contributed by atoms with Crippen molar-refractivity contribution in [1.29, 1.82) is 0 Å². The molecule has 2 aliphatic heterocycles. The van der Waals surface area contributed by atoms with Gasteiger partial charge < -0.3 is 19.8 Å². The molecule has 164 valence electrons. The molecule has 0 spiro atoms. The van der Waals surface area contributed by atoms with Crippen molar-refractivity contribution in [3.8, 4) is 0 Å². The first-order valence-electron chi connectivity index (χ1n) is 10.9.